The van der Waals surface area contributed by atoms with E-state index in [1.54, 1.807) is 0 Å². The third-order valence-electron chi connectivity index (χ3n) is 4.60. The van der Waals surface area contributed by atoms with Crippen molar-refractivity contribution in [3.63, 3.8) is 0 Å². The molecule has 116 valence electrons. The number of fused-ring (bicyclic) bond motifs is 1. The summed E-state index contributed by atoms with van der Waals surface area (Å²) in [4.78, 5) is 15.9. The third-order valence-corrected chi connectivity index (χ3v) is 5.46. The van der Waals surface area contributed by atoms with Crippen LogP contribution in [-0.2, 0) is 0 Å². The van der Waals surface area contributed by atoms with Crippen LogP contribution >= 0.6 is 11.3 Å². The minimum atomic E-state index is 0.0863. The van der Waals surface area contributed by atoms with Crippen LogP contribution in [0.1, 0.15) is 41.0 Å². The molecule has 1 aromatic heterocycles. The van der Waals surface area contributed by atoms with E-state index in [2.05, 4.69) is 54.3 Å². The predicted molar refractivity (Wildman–Crippen MR) is 95.9 cm³/mol. The van der Waals surface area contributed by atoms with E-state index in [1.807, 2.05) is 17.5 Å². The van der Waals surface area contributed by atoms with Crippen molar-refractivity contribution in [1.29, 1.82) is 0 Å². The molecule has 0 saturated heterocycles. The standard InChI is InChI=1S/C20H19NOS/c1-14(17-9-4-7-15-6-2-3-8-18(15)17)21(16-11-12-16)20(22)19-10-5-13-23-19/h2-10,13-14,16H,11-12H2,1H3. The molecular weight excluding hydrogens is 302 g/mol. The first-order chi connectivity index (χ1) is 11.3. The first-order valence-corrected chi connectivity index (χ1v) is 8.97. The van der Waals surface area contributed by atoms with Crippen molar-refractivity contribution in [2.75, 3.05) is 0 Å². The van der Waals surface area contributed by atoms with Crippen LogP contribution in [0.2, 0.25) is 0 Å². The summed E-state index contributed by atoms with van der Waals surface area (Å²) >= 11 is 1.53. The average molecular weight is 321 g/mol. The molecule has 3 heteroatoms. The summed E-state index contributed by atoms with van der Waals surface area (Å²) in [6.45, 7) is 2.16. The Hall–Kier alpha value is -2.13. The summed E-state index contributed by atoms with van der Waals surface area (Å²) < 4.78 is 0. The van der Waals surface area contributed by atoms with E-state index in [1.165, 1.54) is 27.7 Å². The van der Waals surface area contributed by atoms with E-state index in [4.69, 9.17) is 0 Å². The van der Waals surface area contributed by atoms with Crippen LogP contribution in [0, 0.1) is 0 Å². The number of thiophene rings is 1. The fourth-order valence-corrected chi connectivity index (χ4v) is 3.97. The maximum atomic E-state index is 13.0. The zero-order chi connectivity index (χ0) is 15.8. The van der Waals surface area contributed by atoms with Gasteiger partial charge in [0.2, 0.25) is 0 Å². The number of benzene rings is 2. The van der Waals surface area contributed by atoms with E-state index in [9.17, 15) is 4.79 Å². The smallest absolute Gasteiger partial charge is 0.264 e. The molecule has 1 amide bonds. The predicted octanol–water partition coefficient (Wildman–Crippen LogP) is 5.27. The molecule has 1 aliphatic rings. The van der Waals surface area contributed by atoms with Crippen LogP contribution in [0.5, 0.6) is 0 Å². The SMILES string of the molecule is CC(c1cccc2ccccc12)N(C(=O)c1cccs1)C1CC1. The van der Waals surface area contributed by atoms with Gasteiger partial charge in [0.25, 0.3) is 5.91 Å². The van der Waals surface area contributed by atoms with Gasteiger partial charge >= 0.3 is 0 Å². The lowest BCUT2D eigenvalue weighted by molar-refractivity contribution is 0.0680. The van der Waals surface area contributed by atoms with Gasteiger partial charge in [-0.15, -0.1) is 11.3 Å². The maximum absolute atomic E-state index is 13.0. The van der Waals surface area contributed by atoms with E-state index in [-0.39, 0.29) is 11.9 Å². The monoisotopic (exact) mass is 321 g/mol. The minimum absolute atomic E-state index is 0.0863. The fraction of sp³-hybridized carbons (Fsp3) is 0.250. The van der Waals surface area contributed by atoms with Crippen LogP contribution in [0.25, 0.3) is 10.8 Å². The summed E-state index contributed by atoms with van der Waals surface area (Å²) in [6.07, 6.45) is 2.23. The molecule has 0 N–H and O–H groups in total. The molecule has 1 aliphatic carbocycles. The lowest BCUT2D eigenvalue weighted by atomic mass is 9.98. The Labute approximate surface area is 140 Å². The highest BCUT2D eigenvalue weighted by Crippen LogP contribution is 2.38. The molecule has 0 aliphatic heterocycles. The Morgan fingerprint density at radius 1 is 1.09 bits per heavy atom. The van der Waals surface area contributed by atoms with Gasteiger partial charge < -0.3 is 4.90 Å². The first-order valence-electron chi connectivity index (χ1n) is 8.09. The molecule has 4 rings (SSSR count). The lowest BCUT2D eigenvalue weighted by Crippen LogP contribution is -2.35. The van der Waals surface area contributed by atoms with Gasteiger partial charge in [-0.1, -0.05) is 48.5 Å². The lowest BCUT2D eigenvalue weighted by Gasteiger charge is -2.30. The molecular formula is C20H19NOS. The normalized spacial score (nSPS) is 15.5. The average Bonchev–Trinajstić information content (AvgIpc) is 3.26. The topological polar surface area (TPSA) is 20.3 Å². The van der Waals surface area contributed by atoms with Gasteiger partial charge in [-0.3, -0.25) is 4.79 Å². The van der Waals surface area contributed by atoms with Gasteiger partial charge in [0, 0.05) is 6.04 Å². The van der Waals surface area contributed by atoms with E-state index < -0.39 is 0 Å². The summed E-state index contributed by atoms with van der Waals surface area (Å²) in [5, 5.41) is 4.45. The highest BCUT2D eigenvalue weighted by molar-refractivity contribution is 7.12. The second-order valence-electron chi connectivity index (χ2n) is 6.17. The van der Waals surface area contributed by atoms with Crippen molar-refractivity contribution >= 4 is 28.0 Å². The Bertz CT molecular complexity index is 830. The van der Waals surface area contributed by atoms with Crippen molar-refractivity contribution in [3.8, 4) is 0 Å². The second kappa shape index (κ2) is 5.82. The molecule has 2 nitrogen and oxygen atoms in total. The molecule has 1 fully saturated rings. The summed E-state index contributed by atoms with van der Waals surface area (Å²) in [6, 6.07) is 19.2. The molecule has 1 unspecified atom stereocenters. The number of rotatable bonds is 4. The number of hydrogen-bond acceptors (Lipinski definition) is 2. The van der Waals surface area contributed by atoms with Crippen molar-refractivity contribution in [2.45, 2.75) is 31.8 Å². The van der Waals surface area contributed by atoms with Crippen LogP contribution in [0.4, 0.5) is 0 Å². The van der Waals surface area contributed by atoms with Crippen molar-refractivity contribution in [1.82, 2.24) is 4.90 Å². The molecule has 1 saturated carbocycles. The first kappa shape index (κ1) is 14.5. The Morgan fingerprint density at radius 3 is 2.61 bits per heavy atom. The largest absolute Gasteiger partial charge is 0.328 e. The van der Waals surface area contributed by atoms with Gasteiger partial charge in [0.1, 0.15) is 0 Å². The Morgan fingerprint density at radius 2 is 1.87 bits per heavy atom. The molecule has 0 spiro atoms. The molecule has 23 heavy (non-hydrogen) atoms. The van der Waals surface area contributed by atoms with Crippen LogP contribution in [0.15, 0.2) is 60.0 Å². The fourth-order valence-electron chi connectivity index (χ4n) is 3.30. The molecule has 1 heterocycles. The van der Waals surface area contributed by atoms with E-state index in [0.717, 1.165) is 17.7 Å². The van der Waals surface area contributed by atoms with Crippen LogP contribution < -0.4 is 0 Å². The van der Waals surface area contributed by atoms with Gasteiger partial charge in [0.15, 0.2) is 0 Å². The Kier molecular flexibility index (Phi) is 3.66. The van der Waals surface area contributed by atoms with Gasteiger partial charge in [-0.25, -0.2) is 0 Å². The number of amides is 1. The zero-order valence-electron chi connectivity index (χ0n) is 13.1. The summed E-state index contributed by atoms with van der Waals surface area (Å²) in [7, 11) is 0. The highest BCUT2D eigenvalue weighted by Gasteiger charge is 2.37. The highest BCUT2D eigenvalue weighted by atomic mass is 32.1. The molecule has 1 atom stereocenters. The minimum Gasteiger partial charge on any atom is -0.328 e. The summed E-state index contributed by atoms with van der Waals surface area (Å²) in [5.41, 5.74) is 1.24. The van der Waals surface area contributed by atoms with Crippen molar-refractivity contribution < 1.29 is 4.79 Å². The molecule has 2 aromatic carbocycles. The van der Waals surface area contributed by atoms with Crippen molar-refractivity contribution in [3.05, 3.63) is 70.4 Å². The number of nitrogens with zero attached hydrogens (tertiary/aromatic N) is 1. The molecule has 0 radical (unpaired) electrons. The van der Waals surface area contributed by atoms with E-state index >= 15 is 0 Å². The third kappa shape index (κ3) is 2.66. The van der Waals surface area contributed by atoms with Crippen LogP contribution in [0.3, 0.4) is 0 Å². The molecule has 3 aromatic rings. The quantitative estimate of drug-likeness (QED) is 0.641. The zero-order valence-corrected chi connectivity index (χ0v) is 13.9. The summed E-state index contributed by atoms with van der Waals surface area (Å²) in [5.74, 6) is 0.169. The van der Waals surface area contributed by atoms with Crippen molar-refractivity contribution in [2.24, 2.45) is 0 Å². The number of hydrogen-bond donors (Lipinski definition) is 0. The van der Waals surface area contributed by atoms with Gasteiger partial charge in [0.05, 0.1) is 10.9 Å². The Balaban J connectivity index is 1.75. The van der Waals surface area contributed by atoms with Crippen LogP contribution in [-0.4, -0.2) is 16.8 Å². The molecule has 0 bridgehead atoms. The van der Waals surface area contributed by atoms with E-state index in [0.29, 0.717) is 6.04 Å². The second-order valence-corrected chi connectivity index (χ2v) is 7.11. The van der Waals surface area contributed by atoms with Gasteiger partial charge in [-0.2, -0.15) is 0 Å². The number of carbonyl (C=O) groups excluding carboxylic acids is 1. The van der Waals surface area contributed by atoms with Gasteiger partial charge in [-0.05, 0) is 47.5 Å². The number of carbonyl (C=O) groups is 1. The maximum Gasteiger partial charge on any atom is 0.264 e.